The van der Waals surface area contributed by atoms with E-state index < -0.39 is 0 Å². The van der Waals surface area contributed by atoms with Crippen molar-refractivity contribution in [3.63, 3.8) is 0 Å². The molecule has 1 heterocycles. The quantitative estimate of drug-likeness (QED) is 0.724. The van der Waals surface area contributed by atoms with Crippen LogP contribution in [0.25, 0.3) is 0 Å². The Hall–Kier alpha value is -2.34. The molecule has 2 N–H and O–H groups in total. The van der Waals surface area contributed by atoms with E-state index in [0.717, 1.165) is 27.0 Å². The molecule has 1 aliphatic heterocycles. The molecule has 3 amide bonds. The minimum atomic E-state index is -0.109. The Kier molecular flexibility index (Phi) is 6.16. The number of hydrogen-bond acceptors (Lipinski definition) is 2. The van der Waals surface area contributed by atoms with Crippen molar-refractivity contribution < 1.29 is 9.59 Å². The molecular weight excluding hydrogens is 406 g/mol. The molecule has 27 heavy (non-hydrogen) atoms. The minimum Gasteiger partial charge on any atom is -0.326 e. The van der Waals surface area contributed by atoms with Gasteiger partial charge in [-0.1, -0.05) is 34.1 Å². The molecule has 1 aliphatic rings. The average Bonchev–Trinajstić information content (AvgIpc) is 2.65. The second-order valence-corrected chi connectivity index (χ2v) is 7.82. The van der Waals surface area contributed by atoms with Crippen LogP contribution in [0.2, 0.25) is 0 Å². The number of hydrogen-bond donors (Lipinski definition) is 2. The fourth-order valence-corrected chi connectivity index (χ4v) is 3.61. The summed E-state index contributed by atoms with van der Waals surface area (Å²) in [5.41, 5.74) is 3.74. The molecule has 0 aliphatic carbocycles. The van der Waals surface area contributed by atoms with Gasteiger partial charge in [-0.15, -0.1) is 0 Å². The van der Waals surface area contributed by atoms with Crippen LogP contribution >= 0.6 is 15.9 Å². The fourth-order valence-electron chi connectivity index (χ4n) is 3.25. The van der Waals surface area contributed by atoms with Crippen LogP contribution in [0.15, 0.2) is 46.9 Å². The van der Waals surface area contributed by atoms with E-state index in [9.17, 15) is 9.59 Å². The van der Waals surface area contributed by atoms with Gasteiger partial charge in [0.1, 0.15) is 0 Å². The molecular formula is C21H24BrN3O2. The number of carbonyl (C=O) groups is 2. The third-order valence-corrected chi connectivity index (χ3v) is 5.81. The van der Waals surface area contributed by atoms with Crippen LogP contribution in [0.3, 0.4) is 0 Å². The van der Waals surface area contributed by atoms with Gasteiger partial charge in [0.2, 0.25) is 5.91 Å². The van der Waals surface area contributed by atoms with Crippen molar-refractivity contribution >= 4 is 39.2 Å². The standard InChI is InChI=1S/C21H24BrN3O2/c1-14-5-3-6-17(13-14)23-21(27)25-11-9-16(10-12-25)20(26)24-19-8-4-7-18(22)15(19)2/h3-8,13,16H,9-12H2,1-2H3,(H,23,27)(H,24,26). The maximum absolute atomic E-state index is 12.6. The number of benzene rings is 2. The number of urea groups is 1. The van der Waals surface area contributed by atoms with Gasteiger partial charge in [-0.3, -0.25) is 4.79 Å². The summed E-state index contributed by atoms with van der Waals surface area (Å²) in [6, 6.07) is 13.4. The highest BCUT2D eigenvalue weighted by Crippen LogP contribution is 2.26. The van der Waals surface area contributed by atoms with Crippen molar-refractivity contribution in [2.75, 3.05) is 23.7 Å². The van der Waals surface area contributed by atoms with Crippen LogP contribution in [-0.2, 0) is 4.79 Å². The normalized spacial score (nSPS) is 14.7. The Morgan fingerprint density at radius 1 is 1.04 bits per heavy atom. The Balaban J connectivity index is 1.53. The van der Waals surface area contributed by atoms with E-state index in [1.807, 2.05) is 56.3 Å². The maximum Gasteiger partial charge on any atom is 0.321 e. The molecule has 6 heteroatoms. The third kappa shape index (κ3) is 4.89. The highest BCUT2D eigenvalue weighted by molar-refractivity contribution is 9.10. The predicted molar refractivity (Wildman–Crippen MR) is 112 cm³/mol. The number of halogens is 1. The number of carbonyl (C=O) groups excluding carboxylic acids is 2. The molecule has 3 rings (SSSR count). The van der Waals surface area contributed by atoms with E-state index in [0.29, 0.717) is 25.9 Å². The van der Waals surface area contributed by atoms with Crippen LogP contribution < -0.4 is 10.6 Å². The highest BCUT2D eigenvalue weighted by atomic mass is 79.9. The van der Waals surface area contributed by atoms with Crippen LogP contribution in [-0.4, -0.2) is 29.9 Å². The van der Waals surface area contributed by atoms with Crippen molar-refractivity contribution in [1.29, 1.82) is 0 Å². The number of nitrogens with zero attached hydrogens (tertiary/aromatic N) is 1. The van der Waals surface area contributed by atoms with E-state index >= 15 is 0 Å². The molecule has 0 spiro atoms. The number of piperidine rings is 1. The summed E-state index contributed by atoms with van der Waals surface area (Å²) in [6.45, 7) is 5.12. The molecule has 1 saturated heterocycles. The predicted octanol–water partition coefficient (Wildman–Crippen LogP) is 4.95. The number of aryl methyl sites for hydroxylation is 1. The van der Waals surface area contributed by atoms with Crippen molar-refractivity contribution in [3.05, 3.63) is 58.1 Å². The summed E-state index contributed by atoms with van der Waals surface area (Å²) in [5, 5.41) is 5.95. The SMILES string of the molecule is Cc1cccc(NC(=O)N2CCC(C(=O)Nc3cccc(Br)c3C)CC2)c1. The number of likely N-dealkylation sites (tertiary alicyclic amines) is 1. The lowest BCUT2D eigenvalue weighted by Gasteiger charge is -2.31. The molecule has 2 aromatic carbocycles. The van der Waals surface area contributed by atoms with Gasteiger partial charge < -0.3 is 15.5 Å². The Bertz CT molecular complexity index is 845. The van der Waals surface area contributed by atoms with Gasteiger partial charge in [0, 0.05) is 34.9 Å². The lowest BCUT2D eigenvalue weighted by atomic mass is 9.96. The topological polar surface area (TPSA) is 61.4 Å². The van der Waals surface area contributed by atoms with Crippen molar-refractivity contribution in [3.8, 4) is 0 Å². The van der Waals surface area contributed by atoms with Crippen LogP contribution in [0.5, 0.6) is 0 Å². The molecule has 0 unspecified atom stereocenters. The van der Waals surface area contributed by atoms with Gasteiger partial charge in [0.05, 0.1) is 0 Å². The van der Waals surface area contributed by atoms with E-state index in [1.165, 1.54) is 0 Å². The van der Waals surface area contributed by atoms with Gasteiger partial charge in [0.25, 0.3) is 0 Å². The molecule has 2 aromatic rings. The zero-order valence-electron chi connectivity index (χ0n) is 15.6. The molecule has 0 aromatic heterocycles. The Labute approximate surface area is 168 Å². The Morgan fingerprint density at radius 2 is 1.74 bits per heavy atom. The number of amides is 3. The molecule has 0 saturated carbocycles. The zero-order valence-corrected chi connectivity index (χ0v) is 17.2. The van der Waals surface area contributed by atoms with Gasteiger partial charge in [-0.25, -0.2) is 4.79 Å². The fraction of sp³-hybridized carbons (Fsp3) is 0.333. The van der Waals surface area contributed by atoms with Crippen molar-refractivity contribution in [1.82, 2.24) is 4.90 Å². The first-order valence-electron chi connectivity index (χ1n) is 9.12. The minimum absolute atomic E-state index is 0.0231. The second-order valence-electron chi connectivity index (χ2n) is 6.96. The molecule has 0 bridgehead atoms. The maximum atomic E-state index is 12.6. The lowest BCUT2D eigenvalue weighted by molar-refractivity contribution is -0.121. The largest absolute Gasteiger partial charge is 0.326 e. The van der Waals surface area contributed by atoms with E-state index in [2.05, 4.69) is 26.6 Å². The molecule has 0 radical (unpaired) electrons. The van der Waals surface area contributed by atoms with Crippen LogP contribution in [0, 0.1) is 19.8 Å². The van der Waals surface area contributed by atoms with Gasteiger partial charge in [-0.2, -0.15) is 0 Å². The van der Waals surface area contributed by atoms with Gasteiger partial charge >= 0.3 is 6.03 Å². The van der Waals surface area contributed by atoms with Gasteiger partial charge in [0.15, 0.2) is 0 Å². The van der Waals surface area contributed by atoms with Crippen LogP contribution in [0.4, 0.5) is 16.2 Å². The molecule has 142 valence electrons. The first-order valence-corrected chi connectivity index (χ1v) is 9.92. The number of nitrogens with one attached hydrogen (secondary N) is 2. The van der Waals surface area contributed by atoms with Gasteiger partial charge in [-0.05, 0) is 62.1 Å². The third-order valence-electron chi connectivity index (χ3n) is 4.95. The summed E-state index contributed by atoms with van der Waals surface area (Å²) in [5.74, 6) is -0.0543. The first kappa shape index (κ1) is 19.4. The summed E-state index contributed by atoms with van der Waals surface area (Å²) < 4.78 is 0.975. The summed E-state index contributed by atoms with van der Waals surface area (Å²) in [4.78, 5) is 26.8. The zero-order chi connectivity index (χ0) is 19.4. The monoisotopic (exact) mass is 429 g/mol. The number of rotatable bonds is 3. The first-order chi connectivity index (χ1) is 12.9. The number of anilines is 2. The summed E-state index contributed by atoms with van der Waals surface area (Å²) in [7, 11) is 0. The smallest absolute Gasteiger partial charge is 0.321 e. The van der Waals surface area contributed by atoms with Crippen LogP contribution in [0.1, 0.15) is 24.0 Å². The summed E-state index contributed by atoms with van der Waals surface area (Å²) >= 11 is 3.48. The lowest BCUT2D eigenvalue weighted by Crippen LogP contribution is -2.43. The van der Waals surface area contributed by atoms with E-state index in [-0.39, 0.29) is 17.9 Å². The molecule has 5 nitrogen and oxygen atoms in total. The Morgan fingerprint density at radius 3 is 2.44 bits per heavy atom. The highest BCUT2D eigenvalue weighted by Gasteiger charge is 2.27. The summed E-state index contributed by atoms with van der Waals surface area (Å²) in [6.07, 6.45) is 1.33. The molecule has 1 fully saturated rings. The van der Waals surface area contributed by atoms with Crippen molar-refractivity contribution in [2.45, 2.75) is 26.7 Å². The van der Waals surface area contributed by atoms with Crippen molar-refractivity contribution in [2.24, 2.45) is 5.92 Å². The molecule has 0 atom stereocenters. The van der Waals surface area contributed by atoms with E-state index in [4.69, 9.17) is 0 Å². The average molecular weight is 430 g/mol. The second kappa shape index (κ2) is 8.57. The van der Waals surface area contributed by atoms with E-state index in [1.54, 1.807) is 4.90 Å².